The van der Waals surface area contributed by atoms with Crippen molar-refractivity contribution in [1.29, 1.82) is 0 Å². The van der Waals surface area contributed by atoms with Gasteiger partial charge in [0.1, 0.15) is 0 Å². The zero-order chi connectivity index (χ0) is 17.3. The Labute approximate surface area is 142 Å². The number of imide groups is 1. The van der Waals surface area contributed by atoms with Crippen molar-refractivity contribution in [1.82, 2.24) is 14.5 Å². The van der Waals surface area contributed by atoms with E-state index in [4.69, 9.17) is 0 Å². The lowest BCUT2D eigenvalue weighted by Crippen LogP contribution is -2.47. The van der Waals surface area contributed by atoms with Crippen LogP contribution >= 0.6 is 0 Å². The van der Waals surface area contributed by atoms with Crippen LogP contribution in [-0.4, -0.2) is 38.1 Å². The van der Waals surface area contributed by atoms with E-state index < -0.39 is 6.09 Å². The fraction of sp³-hybridized carbons (Fsp3) is 0.722. The first-order chi connectivity index (χ1) is 11.4. The number of hydrogen-bond donors (Lipinski definition) is 1. The normalized spacial score (nSPS) is 31.2. The molecular weight excluding hydrogens is 306 g/mol. The van der Waals surface area contributed by atoms with E-state index in [0.29, 0.717) is 19.0 Å². The number of aromatic nitrogens is 2. The minimum absolute atomic E-state index is 0.200. The topological polar surface area (TPSA) is 75.4 Å². The van der Waals surface area contributed by atoms with Crippen molar-refractivity contribution in [2.24, 2.45) is 17.8 Å². The van der Waals surface area contributed by atoms with Crippen LogP contribution in [0.5, 0.6) is 0 Å². The van der Waals surface area contributed by atoms with Crippen molar-refractivity contribution in [3.8, 4) is 0 Å². The molecule has 0 aromatic carbocycles. The molecule has 132 valence electrons. The summed E-state index contributed by atoms with van der Waals surface area (Å²) in [6.07, 6.45) is 8.93. The van der Waals surface area contributed by atoms with Gasteiger partial charge in [0.2, 0.25) is 5.91 Å². The molecule has 2 atom stereocenters. The van der Waals surface area contributed by atoms with E-state index in [9.17, 15) is 14.7 Å². The van der Waals surface area contributed by atoms with Gasteiger partial charge in [0.15, 0.2) is 0 Å². The number of rotatable bonds is 3. The molecule has 1 aliphatic heterocycles. The Hall–Kier alpha value is -1.85. The predicted octanol–water partition coefficient (Wildman–Crippen LogP) is 3.34. The van der Waals surface area contributed by atoms with Crippen molar-refractivity contribution >= 4 is 12.0 Å². The van der Waals surface area contributed by atoms with Crippen LogP contribution < -0.4 is 0 Å². The smallest absolute Gasteiger partial charge is 0.414 e. The molecule has 1 N–H and O–H groups in total. The quantitative estimate of drug-likeness (QED) is 0.920. The van der Waals surface area contributed by atoms with Gasteiger partial charge < -0.3 is 9.67 Å². The van der Waals surface area contributed by atoms with Crippen molar-refractivity contribution in [2.45, 2.75) is 58.4 Å². The van der Waals surface area contributed by atoms with E-state index in [1.807, 2.05) is 13.3 Å². The maximum absolute atomic E-state index is 12.4. The third-order valence-corrected chi connectivity index (χ3v) is 5.54. The number of carbonyl (C=O) groups excluding carboxylic acids is 1. The van der Waals surface area contributed by atoms with Crippen LogP contribution in [-0.2, 0) is 11.2 Å². The van der Waals surface area contributed by atoms with Gasteiger partial charge in [-0.2, -0.15) is 0 Å². The van der Waals surface area contributed by atoms with E-state index in [-0.39, 0.29) is 17.7 Å². The molecule has 2 fully saturated rings. The summed E-state index contributed by atoms with van der Waals surface area (Å²) in [5, 5.41) is 9.19. The second-order valence-corrected chi connectivity index (χ2v) is 7.70. The highest BCUT2D eigenvalue weighted by Gasteiger charge is 2.36. The number of carboxylic acid groups (broad SMARTS) is 1. The van der Waals surface area contributed by atoms with Gasteiger partial charge in [-0.15, -0.1) is 0 Å². The molecule has 1 saturated carbocycles. The third-order valence-electron chi connectivity index (χ3n) is 5.54. The Balaban J connectivity index is 1.65. The average Bonchev–Trinajstić information content (AvgIpc) is 2.99. The molecule has 3 rings (SSSR count). The Morgan fingerprint density at radius 2 is 1.96 bits per heavy atom. The maximum Gasteiger partial charge on any atom is 0.414 e. The number of piperidine rings is 1. The van der Waals surface area contributed by atoms with Crippen LogP contribution in [0.2, 0.25) is 0 Å². The van der Waals surface area contributed by atoms with Crippen molar-refractivity contribution in [3.05, 3.63) is 18.2 Å². The molecule has 1 aliphatic carbocycles. The van der Waals surface area contributed by atoms with Gasteiger partial charge in [0.25, 0.3) is 0 Å². The number of likely N-dealkylation sites (tertiary alicyclic amines) is 1. The second-order valence-electron chi connectivity index (χ2n) is 7.70. The molecule has 1 saturated heterocycles. The summed E-state index contributed by atoms with van der Waals surface area (Å²) >= 11 is 0. The summed E-state index contributed by atoms with van der Waals surface area (Å²) in [5.41, 5.74) is 0.895. The SMILES string of the molecule is CC1CCC(n2cnc(CC3C[C@H](C)CN(C(=O)O)C3=O)c2)CC1. The van der Waals surface area contributed by atoms with Crippen LogP contribution in [0.15, 0.2) is 12.5 Å². The highest BCUT2D eigenvalue weighted by Crippen LogP contribution is 2.32. The maximum atomic E-state index is 12.4. The number of nitrogens with zero attached hydrogens (tertiary/aromatic N) is 3. The minimum atomic E-state index is -1.14. The number of hydrogen-bond acceptors (Lipinski definition) is 3. The Morgan fingerprint density at radius 1 is 1.25 bits per heavy atom. The second kappa shape index (κ2) is 6.95. The molecule has 6 heteroatoms. The van der Waals surface area contributed by atoms with E-state index in [0.717, 1.165) is 22.9 Å². The van der Waals surface area contributed by atoms with Gasteiger partial charge in [-0.05, 0) is 43.9 Å². The number of carbonyl (C=O) groups is 2. The standard InChI is InChI=1S/C18H27N3O3/c1-12-3-5-16(6-4-12)20-10-15(19-11-20)8-14-7-13(2)9-21(17(14)22)18(23)24/h10-14,16H,3-9H2,1-2H3,(H,23,24)/t12?,13-,14?,16?/m0/s1. The van der Waals surface area contributed by atoms with E-state index in [1.54, 1.807) is 0 Å². The van der Waals surface area contributed by atoms with Gasteiger partial charge in [-0.1, -0.05) is 13.8 Å². The molecule has 2 aliphatic rings. The van der Waals surface area contributed by atoms with E-state index in [2.05, 4.69) is 22.7 Å². The number of amides is 2. The van der Waals surface area contributed by atoms with Gasteiger partial charge in [0, 0.05) is 31.1 Å². The Kier molecular flexibility index (Phi) is 4.92. The lowest BCUT2D eigenvalue weighted by molar-refractivity contribution is -0.137. The van der Waals surface area contributed by atoms with Gasteiger partial charge in [-0.25, -0.2) is 14.7 Å². The summed E-state index contributed by atoms with van der Waals surface area (Å²) < 4.78 is 2.19. The monoisotopic (exact) mass is 333 g/mol. The molecule has 6 nitrogen and oxygen atoms in total. The molecule has 24 heavy (non-hydrogen) atoms. The first kappa shape index (κ1) is 17.0. The number of imidazole rings is 1. The van der Waals surface area contributed by atoms with Crippen molar-refractivity contribution < 1.29 is 14.7 Å². The molecule has 1 aromatic heterocycles. The summed E-state index contributed by atoms with van der Waals surface area (Å²) in [5.74, 6) is 0.458. The van der Waals surface area contributed by atoms with Crippen LogP contribution in [0.4, 0.5) is 4.79 Å². The zero-order valence-electron chi connectivity index (χ0n) is 14.5. The summed E-state index contributed by atoms with van der Waals surface area (Å²) in [7, 11) is 0. The predicted molar refractivity (Wildman–Crippen MR) is 89.6 cm³/mol. The molecule has 0 spiro atoms. The van der Waals surface area contributed by atoms with E-state index >= 15 is 0 Å². The van der Waals surface area contributed by atoms with Crippen LogP contribution in [0.25, 0.3) is 0 Å². The Morgan fingerprint density at radius 3 is 2.62 bits per heavy atom. The van der Waals surface area contributed by atoms with Gasteiger partial charge in [-0.3, -0.25) is 4.79 Å². The molecule has 2 amide bonds. The molecule has 1 aromatic rings. The summed E-state index contributed by atoms with van der Waals surface area (Å²) in [4.78, 5) is 29.1. The van der Waals surface area contributed by atoms with Crippen molar-refractivity contribution in [2.75, 3.05) is 6.54 Å². The lowest BCUT2D eigenvalue weighted by atomic mass is 9.86. The lowest BCUT2D eigenvalue weighted by Gasteiger charge is -2.32. The minimum Gasteiger partial charge on any atom is -0.465 e. The van der Waals surface area contributed by atoms with Gasteiger partial charge in [0.05, 0.1) is 12.0 Å². The molecule has 0 radical (unpaired) electrons. The van der Waals surface area contributed by atoms with Crippen LogP contribution in [0.1, 0.15) is 57.7 Å². The van der Waals surface area contributed by atoms with Crippen molar-refractivity contribution in [3.63, 3.8) is 0 Å². The van der Waals surface area contributed by atoms with Gasteiger partial charge >= 0.3 is 6.09 Å². The fourth-order valence-corrected chi connectivity index (χ4v) is 4.10. The highest BCUT2D eigenvalue weighted by atomic mass is 16.4. The summed E-state index contributed by atoms with van der Waals surface area (Å²) in [6.45, 7) is 4.61. The van der Waals surface area contributed by atoms with Crippen LogP contribution in [0.3, 0.4) is 0 Å². The Bertz CT molecular complexity index is 604. The largest absolute Gasteiger partial charge is 0.465 e. The highest BCUT2D eigenvalue weighted by molar-refractivity contribution is 5.93. The zero-order valence-corrected chi connectivity index (χ0v) is 14.5. The van der Waals surface area contributed by atoms with E-state index in [1.165, 1.54) is 25.7 Å². The molecule has 1 unspecified atom stereocenters. The van der Waals surface area contributed by atoms with Crippen LogP contribution in [0, 0.1) is 17.8 Å². The molecular formula is C18H27N3O3. The molecule has 2 heterocycles. The third kappa shape index (κ3) is 3.62. The fourth-order valence-electron chi connectivity index (χ4n) is 4.10. The first-order valence-corrected chi connectivity index (χ1v) is 9.00. The first-order valence-electron chi connectivity index (χ1n) is 9.00. The molecule has 0 bridgehead atoms. The summed E-state index contributed by atoms with van der Waals surface area (Å²) in [6, 6.07) is 0.513. The average molecular weight is 333 g/mol.